The first-order valence-electron chi connectivity index (χ1n) is 9.72. The summed E-state index contributed by atoms with van der Waals surface area (Å²) in [7, 11) is 0. The highest BCUT2D eigenvalue weighted by Crippen LogP contribution is 2.25. The highest BCUT2D eigenvalue weighted by molar-refractivity contribution is 6.02. The number of nitrogens with one attached hydrogen (secondary N) is 2. The highest BCUT2D eigenvalue weighted by Gasteiger charge is 2.29. The number of anilines is 2. The topological polar surface area (TPSA) is 87.5 Å². The number of nitrogens with two attached hydrogens (primary N) is 1. The molecule has 1 fully saturated rings. The van der Waals surface area contributed by atoms with Crippen molar-refractivity contribution in [1.82, 2.24) is 4.90 Å². The summed E-state index contributed by atoms with van der Waals surface area (Å²) in [5.41, 5.74) is 8.69. The lowest BCUT2D eigenvalue weighted by atomic mass is 9.91. The zero-order valence-electron chi connectivity index (χ0n) is 16.9. The first-order chi connectivity index (χ1) is 13.5. The Bertz CT molecular complexity index is 844. The molecule has 3 amide bonds. The van der Waals surface area contributed by atoms with Crippen molar-refractivity contribution < 1.29 is 9.59 Å². The van der Waals surface area contributed by atoms with Gasteiger partial charge in [0, 0.05) is 36.1 Å². The Labute approximate surface area is 178 Å². The molecule has 0 saturated carbocycles. The molecule has 0 radical (unpaired) electrons. The highest BCUT2D eigenvalue weighted by atomic mass is 35.5. The third kappa shape index (κ3) is 5.71. The van der Waals surface area contributed by atoms with Crippen LogP contribution in [-0.4, -0.2) is 36.0 Å². The van der Waals surface area contributed by atoms with Crippen LogP contribution in [0, 0.1) is 12.8 Å². The number of likely N-dealkylation sites (tertiary alicyclic amines) is 1. The minimum absolute atomic E-state index is 0. The van der Waals surface area contributed by atoms with Gasteiger partial charge in [0.15, 0.2) is 0 Å². The molecule has 3 rings (SSSR count). The van der Waals surface area contributed by atoms with Gasteiger partial charge in [-0.1, -0.05) is 31.2 Å². The van der Waals surface area contributed by atoms with Crippen molar-refractivity contribution in [3.8, 4) is 0 Å². The summed E-state index contributed by atoms with van der Waals surface area (Å²) in [5.74, 6) is 0.545. The molecule has 4 N–H and O–H groups in total. The van der Waals surface area contributed by atoms with E-state index in [1.165, 1.54) is 0 Å². The van der Waals surface area contributed by atoms with Gasteiger partial charge in [0.05, 0.1) is 0 Å². The number of amides is 3. The molecule has 7 heteroatoms. The molecule has 1 aliphatic rings. The van der Waals surface area contributed by atoms with Crippen LogP contribution in [0.25, 0.3) is 0 Å². The number of carbonyl (C=O) groups is 2. The van der Waals surface area contributed by atoms with Crippen molar-refractivity contribution in [3.05, 3.63) is 59.7 Å². The zero-order valence-corrected chi connectivity index (χ0v) is 17.7. The van der Waals surface area contributed by atoms with E-state index in [1.54, 1.807) is 6.07 Å². The Balaban J connectivity index is 0.00000300. The van der Waals surface area contributed by atoms with Crippen LogP contribution in [-0.2, 0) is 0 Å². The molecule has 1 aliphatic heterocycles. The number of carbonyl (C=O) groups excluding carboxylic acids is 2. The van der Waals surface area contributed by atoms with Crippen LogP contribution < -0.4 is 16.4 Å². The van der Waals surface area contributed by atoms with E-state index in [4.69, 9.17) is 5.73 Å². The first kappa shape index (κ1) is 22.7. The molecule has 1 saturated heterocycles. The minimum atomic E-state index is -0.342. The third-order valence-electron chi connectivity index (χ3n) is 5.28. The molecule has 2 unspecified atom stereocenters. The Morgan fingerprint density at radius 2 is 1.86 bits per heavy atom. The molecule has 0 aliphatic carbocycles. The number of halogens is 1. The number of hydrogen-bond donors (Lipinski definition) is 3. The number of hydrogen-bond acceptors (Lipinski definition) is 3. The van der Waals surface area contributed by atoms with Gasteiger partial charge in [0.2, 0.25) is 0 Å². The van der Waals surface area contributed by atoms with Gasteiger partial charge >= 0.3 is 6.03 Å². The second-order valence-electron chi connectivity index (χ2n) is 7.49. The number of nitrogens with zero attached hydrogens (tertiary/aromatic N) is 1. The fourth-order valence-corrected chi connectivity index (χ4v) is 3.60. The average molecular weight is 417 g/mol. The fraction of sp³-hybridized carbons (Fsp3) is 0.364. The van der Waals surface area contributed by atoms with E-state index in [-0.39, 0.29) is 30.4 Å². The molecular weight excluding hydrogens is 388 g/mol. The quantitative estimate of drug-likeness (QED) is 0.695. The Morgan fingerprint density at radius 1 is 1.14 bits per heavy atom. The van der Waals surface area contributed by atoms with Gasteiger partial charge in [-0.05, 0) is 55.5 Å². The summed E-state index contributed by atoms with van der Waals surface area (Å²) < 4.78 is 0. The standard InChI is InChI=1S/C22H28N4O2.ClH/c1-15-10-11-26(19(12-15)14-23)21(27)17-9-8-16(2)20(13-17)25-22(28)24-18-6-4-3-5-7-18;/h3-9,13,15,19H,10-12,14,23H2,1-2H3,(H2,24,25,28);1H. The molecular formula is C22H29ClN4O2. The van der Waals surface area contributed by atoms with E-state index in [1.807, 2.05) is 54.3 Å². The molecule has 1 heterocycles. The minimum Gasteiger partial charge on any atom is -0.334 e. The van der Waals surface area contributed by atoms with Gasteiger partial charge in [-0.15, -0.1) is 12.4 Å². The van der Waals surface area contributed by atoms with Crippen LogP contribution in [0.1, 0.15) is 35.7 Å². The van der Waals surface area contributed by atoms with E-state index in [2.05, 4.69) is 17.6 Å². The molecule has 0 bridgehead atoms. The number of para-hydroxylation sites is 1. The maximum absolute atomic E-state index is 13.1. The molecule has 29 heavy (non-hydrogen) atoms. The van der Waals surface area contributed by atoms with E-state index in [0.29, 0.717) is 35.9 Å². The van der Waals surface area contributed by atoms with Crippen molar-refractivity contribution >= 4 is 35.7 Å². The number of rotatable bonds is 4. The smallest absolute Gasteiger partial charge is 0.323 e. The van der Waals surface area contributed by atoms with Crippen molar-refractivity contribution in [2.45, 2.75) is 32.7 Å². The van der Waals surface area contributed by atoms with Crippen molar-refractivity contribution in [3.63, 3.8) is 0 Å². The lowest BCUT2D eigenvalue weighted by molar-refractivity contribution is 0.0573. The van der Waals surface area contributed by atoms with Crippen molar-refractivity contribution in [2.75, 3.05) is 23.7 Å². The lowest BCUT2D eigenvalue weighted by Crippen LogP contribution is -2.49. The summed E-state index contributed by atoms with van der Waals surface area (Å²) >= 11 is 0. The van der Waals surface area contributed by atoms with Gasteiger partial charge < -0.3 is 21.3 Å². The zero-order chi connectivity index (χ0) is 20.1. The molecule has 2 aromatic carbocycles. The van der Waals surface area contributed by atoms with Gasteiger partial charge in [0.1, 0.15) is 0 Å². The van der Waals surface area contributed by atoms with E-state index < -0.39 is 0 Å². The summed E-state index contributed by atoms with van der Waals surface area (Å²) in [5, 5.41) is 5.63. The lowest BCUT2D eigenvalue weighted by Gasteiger charge is -2.38. The monoisotopic (exact) mass is 416 g/mol. The Kier molecular flexibility index (Phi) is 8.05. The maximum Gasteiger partial charge on any atom is 0.323 e. The number of piperidine rings is 1. The Hall–Kier alpha value is -2.57. The number of urea groups is 1. The molecule has 2 aromatic rings. The van der Waals surface area contributed by atoms with Gasteiger partial charge in [0.25, 0.3) is 5.91 Å². The molecule has 0 spiro atoms. The SMILES string of the molecule is Cc1ccc(C(=O)N2CCC(C)CC2CN)cc1NC(=O)Nc1ccccc1.Cl. The second kappa shape index (κ2) is 10.3. The van der Waals surface area contributed by atoms with Crippen molar-refractivity contribution in [2.24, 2.45) is 11.7 Å². The van der Waals surface area contributed by atoms with E-state index in [9.17, 15) is 9.59 Å². The summed E-state index contributed by atoms with van der Waals surface area (Å²) in [6.45, 7) is 5.28. The fourth-order valence-electron chi connectivity index (χ4n) is 3.60. The second-order valence-corrected chi connectivity index (χ2v) is 7.49. The molecule has 2 atom stereocenters. The largest absolute Gasteiger partial charge is 0.334 e. The van der Waals surface area contributed by atoms with E-state index >= 15 is 0 Å². The summed E-state index contributed by atoms with van der Waals surface area (Å²) in [4.78, 5) is 27.2. The van der Waals surface area contributed by atoms with Gasteiger partial charge in [-0.2, -0.15) is 0 Å². The predicted molar refractivity (Wildman–Crippen MR) is 120 cm³/mol. The number of aryl methyl sites for hydroxylation is 1. The van der Waals surface area contributed by atoms with Crippen molar-refractivity contribution in [1.29, 1.82) is 0 Å². The predicted octanol–water partition coefficient (Wildman–Crippen LogP) is 4.26. The third-order valence-corrected chi connectivity index (χ3v) is 5.28. The summed E-state index contributed by atoms with van der Waals surface area (Å²) in [6.07, 6.45) is 1.91. The normalized spacial score (nSPS) is 18.5. The molecule has 6 nitrogen and oxygen atoms in total. The van der Waals surface area contributed by atoms with Crippen LogP contribution >= 0.6 is 12.4 Å². The molecule has 0 aromatic heterocycles. The average Bonchev–Trinajstić information content (AvgIpc) is 2.69. The van der Waals surface area contributed by atoms with E-state index in [0.717, 1.165) is 18.4 Å². The Morgan fingerprint density at radius 3 is 2.55 bits per heavy atom. The number of benzene rings is 2. The molecule has 156 valence electrons. The van der Waals surface area contributed by atoms with Gasteiger partial charge in [-0.25, -0.2) is 4.79 Å². The van der Waals surface area contributed by atoms with Crippen LogP contribution in [0.5, 0.6) is 0 Å². The first-order valence-corrected chi connectivity index (χ1v) is 9.72. The van der Waals surface area contributed by atoms with Crippen LogP contribution in [0.3, 0.4) is 0 Å². The van der Waals surface area contributed by atoms with Gasteiger partial charge in [-0.3, -0.25) is 4.79 Å². The summed E-state index contributed by atoms with van der Waals surface area (Å²) in [6, 6.07) is 14.4. The van der Waals surface area contributed by atoms with Crippen LogP contribution in [0.2, 0.25) is 0 Å². The van der Waals surface area contributed by atoms with Crippen LogP contribution in [0.15, 0.2) is 48.5 Å². The van der Waals surface area contributed by atoms with Crippen LogP contribution in [0.4, 0.5) is 16.2 Å². The maximum atomic E-state index is 13.1.